The van der Waals surface area contributed by atoms with Crippen molar-refractivity contribution in [2.45, 2.75) is 12.1 Å². The molecule has 0 aromatic carbocycles. The molecule has 2 atom stereocenters. The van der Waals surface area contributed by atoms with Gasteiger partial charge in [0, 0.05) is 24.6 Å². The van der Waals surface area contributed by atoms with E-state index < -0.39 is 24.0 Å². The van der Waals surface area contributed by atoms with Crippen molar-refractivity contribution in [3.05, 3.63) is 0 Å². The van der Waals surface area contributed by atoms with E-state index in [0.717, 1.165) is 0 Å². The first-order chi connectivity index (χ1) is 7.49. The molecule has 4 N–H and O–H groups in total. The third kappa shape index (κ3) is 4.20. The number of carboxylic acid groups (broad SMARTS) is 2. The third-order valence-corrected chi connectivity index (χ3v) is 2.80. The molecule has 0 aromatic rings. The summed E-state index contributed by atoms with van der Waals surface area (Å²) in [5.41, 5.74) is 5.34. The molecule has 0 bridgehead atoms. The Labute approximate surface area is 105 Å². The molecule has 2 unspecified atom stereocenters. The third-order valence-electron chi connectivity index (χ3n) is 2.10. The molecule has 0 heterocycles. The second-order valence-electron chi connectivity index (χ2n) is 3.10. The molecule has 6 nitrogen and oxygen atoms in total. The number of hydrogen-bond donors (Lipinski definition) is 5. The number of nitrogens with two attached hydrogens (primary N) is 1. The molecule has 0 saturated heterocycles. The molecular formula is C8H16N2O4S2. The molecule has 0 saturated carbocycles. The van der Waals surface area contributed by atoms with Crippen LogP contribution in [0.5, 0.6) is 0 Å². The number of rotatable bonds is 8. The van der Waals surface area contributed by atoms with Crippen LogP contribution >= 0.6 is 25.3 Å². The van der Waals surface area contributed by atoms with Gasteiger partial charge in [-0.2, -0.15) is 25.3 Å². The summed E-state index contributed by atoms with van der Waals surface area (Å²) in [6.45, 7) is 0.351. The van der Waals surface area contributed by atoms with Gasteiger partial charge < -0.3 is 15.9 Å². The maximum Gasteiger partial charge on any atom is 0.321 e. The molecule has 0 radical (unpaired) electrons. The second kappa shape index (κ2) is 7.77. The van der Waals surface area contributed by atoms with Gasteiger partial charge >= 0.3 is 11.9 Å². The number of hydrogen-bond acceptors (Lipinski definition) is 6. The van der Waals surface area contributed by atoms with Gasteiger partial charge in [0.15, 0.2) is 0 Å². The summed E-state index contributed by atoms with van der Waals surface area (Å²) in [5.74, 6) is -2.19. The topological polar surface area (TPSA) is 104 Å². The van der Waals surface area contributed by atoms with Crippen molar-refractivity contribution < 1.29 is 19.8 Å². The Balaban J connectivity index is 4.93. The Hall–Kier alpha value is -0.440. The molecule has 0 fully saturated rings. The first kappa shape index (κ1) is 15.6. The van der Waals surface area contributed by atoms with E-state index in [2.05, 4.69) is 25.3 Å². The highest BCUT2D eigenvalue weighted by Crippen LogP contribution is 2.10. The number of carbonyl (C=O) groups is 2. The maximum absolute atomic E-state index is 10.9. The molecule has 16 heavy (non-hydrogen) atoms. The minimum absolute atomic E-state index is 0.0207. The lowest BCUT2D eigenvalue weighted by molar-refractivity contribution is -0.148. The standard InChI is InChI=1S/C8H16N2O4S2/c9-1-2-10(5(3-15)7(11)12)6(4-16)8(13)14/h5-6,15-16H,1-4,9H2,(H,11,12)(H,13,14). The second-order valence-corrected chi connectivity index (χ2v) is 3.83. The summed E-state index contributed by atoms with van der Waals surface area (Å²) in [5, 5.41) is 17.9. The van der Waals surface area contributed by atoms with Crippen molar-refractivity contribution in [2.24, 2.45) is 5.73 Å². The smallest absolute Gasteiger partial charge is 0.321 e. The normalized spacial score (nSPS) is 14.8. The van der Waals surface area contributed by atoms with Crippen LogP contribution in [0.4, 0.5) is 0 Å². The van der Waals surface area contributed by atoms with Gasteiger partial charge in [-0.05, 0) is 0 Å². The summed E-state index contributed by atoms with van der Waals surface area (Å²) in [7, 11) is 0. The van der Waals surface area contributed by atoms with Gasteiger partial charge in [-0.25, -0.2) is 0 Å². The molecular weight excluding hydrogens is 252 g/mol. The van der Waals surface area contributed by atoms with Gasteiger partial charge in [0.25, 0.3) is 0 Å². The van der Waals surface area contributed by atoms with Crippen LogP contribution in [-0.2, 0) is 9.59 Å². The largest absolute Gasteiger partial charge is 0.480 e. The predicted octanol–water partition coefficient (Wildman–Crippen LogP) is -0.987. The fourth-order valence-electron chi connectivity index (χ4n) is 1.33. The Kier molecular flexibility index (Phi) is 7.56. The van der Waals surface area contributed by atoms with Crippen molar-refractivity contribution in [3.63, 3.8) is 0 Å². The van der Waals surface area contributed by atoms with Gasteiger partial charge in [0.1, 0.15) is 12.1 Å². The zero-order chi connectivity index (χ0) is 12.7. The summed E-state index contributed by atoms with van der Waals surface area (Å²) in [6.07, 6.45) is 0. The molecule has 0 spiro atoms. The molecule has 0 aliphatic rings. The van der Waals surface area contributed by atoms with E-state index in [1.807, 2.05) is 0 Å². The molecule has 0 rings (SSSR count). The van der Waals surface area contributed by atoms with E-state index in [1.165, 1.54) is 4.90 Å². The number of thiol groups is 2. The highest BCUT2D eigenvalue weighted by Gasteiger charge is 2.33. The predicted molar refractivity (Wildman–Crippen MR) is 66.3 cm³/mol. The molecule has 0 aliphatic carbocycles. The van der Waals surface area contributed by atoms with E-state index in [4.69, 9.17) is 15.9 Å². The van der Waals surface area contributed by atoms with Crippen LogP contribution in [0.15, 0.2) is 0 Å². The van der Waals surface area contributed by atoms with Crippen LogP contribution in [0.25, 0.3) is 0 Å². The molecule has 94 valence electrons. The first-order valence-corrected chi connectivity index (χ1v) is 5.89. The summed E-state index contributed by atoms with van der Waals surface area (Å²) in [6, 6.07) is -1.94. The van der Waals surface area contributed by atoms with Crippen LogP contribution in [0.1, 0.15) is 0 Å². The summed E-state index contributed by atoms with van der Waals surface area (Å²) < 4.78 is 0. The lowest BCUT2D eigenvalue weighted by atomic mass is 10.2. The molecule has 0 aliphatic heterocycles. The van der Waals surface area contributed by atoms with Gasteiger partial charge in [-0.1, -0.05) is 0 Å². The highest BCUT2D eigenvalue weighted by atomic mass is 32.1. The van der Waals surface area contributed by atoms with Crippen molar-refractivity contribution in [1.29, 1.82) is 0 Å². The fourth-order valence-corrected chi connectivity index (χ4v) is 2.06. The van der Waals surface area contributed by atoms with Crippen molar-refractivity contribution >= 4 is 37.2 Å². The van der Waals surface area contributed by atoms with Crippen molar-refractivity contribution in [3.8, 4) is 0 Å². The van der Waals surface area contributed by atoms with E-state index >= 15 is 0 Å². The Bertz CT molecular complexity index is 230. The average Bonchev–Trinajstić information content (AvgIpc) is 2.18. The quantitative estimate of drug-likeness (QED) is 0.362. The van der Waals surface area contributed by atoms with Crippen molar-refractivity contribution in [2.75, 3.05) is 24.6 Å². The minimum Gasteiger partial charge on any atom is -0.480 e. The van der Waals surface area contributed by atoms with Crippen LogP contribution in [0.3, 0.4) is 0 Å². The zero-order valence-electron chi connectivity index (χ0n) is 8.61. The minimum atomic E-state index is -1.11. The number of nitrogens with zero attached hydrogens (tertiary/aromatic N) is 1. The van der Waals surface area contributed by atoms with E-state index in [1.54, 1.807) is 0 Å². The zero-order valence-corrected chi connectivity index (χ0v) is 10.4. The Morgan fingerprint density at radius 3 is 1.69 bits per heavy atom. The van der Waals surface area contributed by atoms with E-state index in [9.17, 15) is 9.59 Å². The van der Waals surface area contributed by atoms with Gasteiger partial charge in [-0.3, -0.25) is 14.5 Å². The fraction of sp³-hybridized carbons (Fsp3) is 0.750. The average molecular weight is 268 g/mol. The SMILES string of the molecule is NCCN(C(CS)C(=O)O)C(CS)C(=O)O. The Morgan fingerprint density at radius 1 is 1.12 bits per heavy atom. The molecule has 0 aromatic heterocycles. The van der Waals surface area contributed by atoms with Crippen LogP contribution in [0.2, 0.25) is 0 Å². The maximum atomic E-state index is 10.9. The Morgan fingerprint density at radius 2 is 1.50 bits per heavy atom. The highest BCUT2D eigenvalue weighted by molar-refractivity contribution is 7.80. The van der Waals surface area contributed by atoms with Gasteiger partial charge in [-0.15, -0.1) is 0 Å². The summed E-state index contributed by atoms with van der Waals surface area (Å²) >= 11 is 7.82. The van der Waals surface area contributed by atoms with Gasteiger partial charge in [0.2, 0.25) is 0 Å². The van der Waals surface area contributed by atoms with Gasteiger partial charge in [0.05, 0.1) is 0 Å². The number of aliphatic carboxylic acids is 2. The number of carboxylic acids is 2. The van der Waals surface area contributed by atoms with E-state index in [0.29, 0.717) is 0 Å². The van der Waals surface area contributed by atoms with Crippen LogP contribution in [-0.4, -0.2) is 63.7 Å². The molecule has 0 amide bonds. The van der Waals surface area contributed by atoms with Crippen LogP contribution < -0.4 is 5.73 Å². The monoisotopic (exact) mass is 268 g/mol. The lowest BCUT2D eigenvalue weighted by Gasteiger charge is -2.31. The van der Waals surface area contributed by atoms with Crippen LogP contribution in [0, 0.1) is 0 Å². The molecule has 8 heteroatoms. The first-order valence-electron chi connectivity index (χ1n) is 4.62. The summed E-state index contributed by atoms with van der Waals surface area (Å²) in [4.78, 5) is 23.2. The van der Waals surface area contributed by atoms with Crippen molar-refractivity contribution in [1.82, 2.24) is 4.90 Å². The van der Waals surface area contributed by atoms with E-state index in [-0.39, 0.29) is 24.6 Å². The lowest BCUT2D eigenvalue weighted by Crippen LogP contribution is -2.54.